The van der Waals surface area contributed by atoms with Crippen LogP contribution in [-0.4, -0.2) is 52.8 Å². The maximum atomic E-state index is 6.02. The van der Waals surface area contributed by atoms with Crippen LogP contribution >= 0.6 is 22.7 Å². The van der Waals surface area contributed by atoms with Crippen LogP contribution in [0.5, 0.6) is 0 Å². The summed E-state index contributed by atoms with van der Waals surface area (Å²) < 4.78 is 9.59. The summed E-state index contributed by atoms with van der Waals surface area (Å²) in [5.41, 5.74) is 18.3. The minimum absolute atomic E-state index is 0.497. The molecular weight excluding hydrogens is 665 g/mol. The lowest BCUT2D eigenvalue weighted by atomic mass is 10.1. The number of fused-ring (bicyclic) bond motifs is 2. The van der Waals surface area contributed by atoms with Gasteiger partial charge in [-0.15, -0.1) is 22.7 Å². The predicted octanol–water partition coefficient (Wildman–Crippen LogP) is 8.05. The third-order valence-electron chi connectivity index (χ3n) is 8.25. The Hall–Kier alpha value is -5.50. The molecular formula is C37H36N10OS2. The van der Waals surface area contributed by atoms with Gasteiger partial charge in [-0.3, -0.25) is 0 Å². The number of imidazole rings is 2. The van der Waals surface area contributed by atoms with Crippen LogP contribution in [0.3, 0.4) is 0 Å². The minimum Gasteiger partial charge on any atom is -0.383 e. The predicted molar refractivity (Wildman–Crippen MR) is 204 cm³/mol. The van der Waals surface area contributed by atoms with Gasteiger partial charge in [0.1, 0.15) is 34.0 Å². The fourth-order valence-corrected chi connectivity index (χ4v) is 7.87. The number of nitrogen functional groups attached to an aromatic ring is 2. The number of rotatable bonds is 10. The van der Waals surface area contributed by atoms with Crippen molar-refractivity contribution in [2.24, 2.45) is 0 Å². The fraction of sp³-hybridized carbons (Fsp3) is 0.189. The van der Waals surface area contributed by atoms with Crippen LogP contribution in [0.4, 0.5) is 11.6 Å². The highest BCUT2D eigenvalue weighted by molar-refractivity contribution is 7.22. The van der Waals surface area contributed by atoms with Crippen LogP contribution in [0, 0.1) is 0 Å². The summed E-state index contributed by atoms with van der Waals surface area (Å²) >= 11 is 3.23. The van der Waals surface area contributed by atoms with Crippen molar-refractivity contribution in [3.05, 3.63) is 98.1 Å². The Labute approximate surface area is 297 Å². The minimum atomic E-state index is 0.497. The van der Waals surface area contributed by atoms with Gasteiger partial charge in [0.05, 0.1) is 62.6 Å². The number of aromatic nitrogens is 8. The topological polar surface area (TPSA) is 148 Å². The molecule has 8 rings (SSSR count). The van der Waals surface area contributed by atoms with Gasteiger partial charge in [-0.05, 0) is 18.6 Å². The van der Waals surface area contributed by atoms with E-state index in [1.165, 1.54) is 12.7 Å². The lowest BCUT2D eigenvalue weighted by Gasteiger charge is -2.08. The Morgan fingerprint density at radius 2 is 1.12 bits per heavy atom. The molecule has 6 heterocycles. The van der Waals surface area contributed by atoms with Crippen molar-refractivity contribution in [2.45, 2.75) is 32.9 Å². The first-order chi connectivity index (χ1) is 24.6. The SMILES string of the molecule is CCCCn1cnc(-c2ccccc2)c1-c1cc2c(N)ncnc2s1.COCCn1cnc(-c2ccccc2)c1-c1cc2c(N)ncnc2s1. The molecule has 0 aliphatic carbocycles. The number of hydrogen-bond acceptors (Lipinski definition) is 11. The van der Waals surface area contributed by atoms with Crippen molar-refractivity contribution < 1.29 is 4.74 Å². The molecule has 8 aromatic rings. The summed E-state index contributed by atoms with van der Waals surface area (Å²) in [6.45, 7) is 4.48. The normalized spacial score (nSPS) is 11.2. The van der Waals surface area contributed by atoms with E-state index >= 15 is 0 Å². The number of thiophene rings is 2. The monoisotopic (exact) mass is 700 g/mol. The summed E-state index contributed by atoms with van der Waals surface area (Å²) in [6, 6.07) is 24.6. The van der Waals surface area contributed by atoms with Gasteiger partial charge in [0.25, 0.3) is 0 Å². The Morgan fingerprint density at radius 1 is 0.640 bits per heavy atom. The molecule has 0 radical (unpaired) electrons. The highest BCUT2D eigenvalue weighted by Crippen LogP contribution is 2.40. The molecule has 6 aromatic heterocycles. The molecule has 0 atom stereocenters. The second-order valence-corrected chi connectivity index (χ2v) is 13.6. The standard InChI is InChI=1S/C19H19N5S.C18H17N5OS/c1-2-3-9-24-12-23-16(13-7-5-4-6-8-13)17(24)15-10-14-18(20)21-11-22-19(14)25-15;1-24-8-7-23-11-22-15(12-5-3-2-4-6-12)16(23)14-9-13-17(19)20-10-21-18(13)25-14/h4-8,10-12H,2-3,9H2,1H3,(H2,20,21,22);2-6,9-11H,7-8H2,1H3,(H2,19,20,21). The largest absolute Gasteiger partial charge is 0.383 e. The van der Waals surface area contributed by atoms with Gasteiger partial charge in [0, 0.05) is 31.3 Å². The molecule has 252 valence electrons. The first-order valence-electron chi connectivity index (χ1n) is 16.3. The highest BCUT2D eigenvalue weighted by Gasteiger charge is 2.20. The second-order valence-electron chi connectivity index (χ2n) is 11.5. The van der Waals surface area contributed by atoms with Crippen molar-refractivity contribution in [1.29, 1.82) is 0 Å². The van der Waals surface area contributed by atoms with E-state index in [0.29, 0.717) is 18.2 Å². The maximum Gasteiger partial charge on any atom is 0.135 e. The average Bonchev–Trinajstić information content (AvgIpc) is 3.95. The summed E-state index contributed by atoms with van der Waals surface area (Å²) in [5.74, 6) is 1.02. The molecule has 50 heavy (non-hydrogen) atoms. The van der Waals surface area contributed by atoms with E-state index in [-0.39, 0.29) is 0 Å². The van der Waals surface area contributed by atoms with E-state index in [0.717, 1.165) is 90.0 Å². The number of unbranched alkanes of at least 4 members (excludes halogenated alkanes) is 1. The third-order valence-corrected chi connectivity index (χ3v) is 10.3. The highest BCUT2D eigenvalue weighted by atomic mass is 32.1. The van der Waals surface area contributed by atoms with E-state index < -0.39 is 0 Å². The number of methoxy groups -OCH3 is 1. The van der Waals surface area contributed by atoms with Gasteiger partial charge < -0.3 is 25.3 Å². The number of ether oxygens (including phenoxy) is 1. The van der Waals surface area contributed by atoms with E-state index in [2.05, 4.69) is 71.3 Å². The van der Waals surface area contributed by atoms with E-state index in [4.69, 9.17) is 21.2 Å². The lowest BCUT2D eigenvalue weighted by molar-refractivity contribution is 0.187. The van der Waals surface area contributed by atoms with Crippen LogP contribution < -0.4 is 11.5 Å². The number of aryl methyl sites for hydroxylation is 1. The number of nitrogens with zero attached hydrogens (tertiary/aromatic N) is 8. The number of nitrogens with two attached hydrogens (primary N) is 2. The lowest BCUT2D eigenvalue weighted by Crippen LogP contribution is -2.04. The third kappa shape index (κ3) is 6.70. The van der Waals surface area contributed by atoms with Crippen LogP contribution in [0.1, 0.15) is 19.8 Å². The number of hydrogen-bond donors (Lipinski definition) is 2. The number of anilines is 2. The Bertz CT molecular complexity index is 2180. The Balaban J connectivity index is 0.000000157. The first kappa shape index (κ1) is 33.0. The quantitative estimate of drug-likeness (QED) is 0.145. The molecule has 0 saturated carbocycles. The van der Waals surface area contributed by atoms with Crippen molar-refractivity contribution >= 4 is 54.7 Å². The van der Waals surface area contributed by atoms with Crippen LogP contribution in [0.15, 0.2) is 98.1 Å². The zero-order chi connectivity index (χ0) is 34.5. The van der Waals surface area contributed by atoms with Crippen molar-refractivity contribution in [2.75, 3.05) is 25.2 Å². The van der Waals surface area contributed by atoms with Gasteiger partial charge in [-0.1, -0.05) is 74.0 Å². The van der Waals surface area contributed by atoms with Gasteiger partial charge >= 0.3 is 0 Å². The summed E-state index contributed by atoms with van der Waals surface area (Å²) in [4.78, 5) is 30.2. The molecule has 13 heteroatoms. The summed E-state index contributed by atoms with van der Waals surface area (Å²) in [6.07, 6.45) is 9.07. The molecule has 0 aliphatic rings. The van der Waals surface area contributed by atoms with Crippen molar-refractivity contribution in [1.82, 2.24) is 39.0 Å². The Kier molecular flexibility index (Phi) is 9.87. The molecule has 4 N–H and O–H groups in total. The molecule has 0 unspecified atom stereocenters. The van der Waals surface area contributed by atoms with Gasteiger partial charge in [-0.25, -0.2) is 29.9 Å². The van der Waals surface area contributed by atoms with E-state index in [1.54, 1.807) is 29.8 Å². The average molecular weight is 701 g/mol. The van der Waals surface area contributed by atoms with Crippen LogP contribution in [0.2, 0.25) is 0 Å². The van der Waals surface area contributed by atoms with Crippen LogP contribution in [0.25, 0.3) is 64.1 Å². The Morgan fingerprint density at radius 3 is 1.56 bits per heavy atom. The maximum absolute atomic E-state index is 6.02. The molecule has 2 aromatic carbocycles. The van der Waals surface area contributed by atoms with Crippen molar-refractivity contribution in [3.63, 3.8) is 0 Å². The molecule has 0 amide bonds. The first-order valence-corrected chi connectivity index (χ1v) is 17.9. The van der Waals surface area contributed by atoms with Gasteiger partial charge in [-0.2, -0.15) is 0 Å². The molecule has 0 saturated heterocycles. The second kappa shape index (κ2) is 14.9. The smallest absolute Gasteiger partial charge is 0.135 e. The molecule has 11 nitrogen and oxygen atoms in total. The molecule has 0 bridgehead atoms. The zero-order valence-corrected chi connectivity index (χ0v) is 29.4. The fourth-order valence-electron chi connectivity index (χ4n) is 5.73. The zero-order valence-electron chi connectivity index (χ0n) is 27.7. The number of benzene rings is 2. The van der Waals surface area contributed by atoms with Gasteiger partial charge in [0.2, 0.25) is 0 Å². The van der Waals surface area contributed by atoms with Crippen LogP contribution in [-0.2, 0) is 17.8 Å². The molecule has 0 aliphatic heterocycles. The van der Waals surface area contributed by atoms with Gasteiger partial charge in [0.15, 0.2) is 0 Å². The molecule has 0 spiro atoms. The van der Waals surface area contributed by atoms with E-state index in [1.807, 2.05) is 55.1 Å². The summed E-state index contributed by atoms with van der Waals surface area (Å²) in [5, 5.41) is 1.78. The van der Waals surface area contributed by atoms with Crippen molar-refractivity contribution in [3.8, 4) is 43.7 Å². The molecule has 0 fully saturated rings. The summed E-state index contributed by atoms with van der Waals surface area (Å²) in [7, 11) is 1.70. The van der Waals surface area contributed by atoms with E-state index in [9.17, 15) is 0 Å².